The number of carbonyl (C=O) groups is 1. The largest absolute Gasteiger partial charge is 0.397 e. The molecule has 0 aromatic carbocycles. The molecule has 0 spiro atoms. The Kier molecular flexibility index (Phi) is 37.3. The zero-order valence-electron chi connectivity index (χ0n) is 39.4. The van der Waals surface area contributed by atoms with Gasteiger partial charge in [0.2, 0.25) is 5.91 Å². The number of carbonyl (C=O) groups excluding carboxylic acids is 1. The summed E-state index contributed by atoms with van der Waals surface area (Å²) in [4.78, 5) is 13.1. The lowest BCUT2D eigenvalue weighted by molar-refractivity contribution is -0.298. The van der Waals surface area contributed by atoms with E-state index in [2.05, 4.69) is 52.9 Å². The van der Waals surface area contributed by atoms with Crippen molar-refractivity contribution >= 4 is 16.3 Å². The molecule has 1 heterocycles. The van der Waals surface area contributed by atoms with E-state index in [1.54, 1.807) is 6.08 Å². The van der Waals surface area contributed by atoms with E-state index in [9.17, 15) is 38.7 Å². The summed E-state index contributed by atoms with van der Waals surface area (Å²) in [5.74, 6) is -0.724. The van der Waals surface area contributed by atoms with Crippen LogP contribution in [0.2, 0.25) is 0 Å². The molecule has 1 amide bonds. The predicted molar refractivity (Wildman–Crippen MR) is 256 cm³/mol. The smallest absolute Gasteiger partial charge is 0.394 e. The first-order valence-electron chi connectivity index (χ1n) is 24.7. The Morgan fingerprint density at radius 2 is 1.16 bits per heavy atom. The van der Waals surface area contributed by atoms with E-state index >= 15 is 0 Å². The highest BCUT2D eigenvalue weighted by atomic mass is 32.3. The normalized spacial score (nSPS) is 21.3. The molecule has 7 N–H and O–H groups in total. The SMILES string of the molecule is C/C=C/CC/C=C/CC/C=C/C(O)C(COC1OC(CO)C(O)C(OS(=O)(=O)O)C1O)NC(=O)C(O)CCCCCCCCCCCC/C=C\C/C=C\CCCCCCCCCCC. The Morgan fingerprint density at radius 1 is 0.672 bits per heavy atom. The number of nitrogens with one attached hydrogen (secondary N) is 1. The first-order chi connectivity index (χ1) is 30.9. The molecule has 0 aromatic heterocycles. The van der Waals surface area contributed by atoms with Crippen molar-refractivity contribution in [2.75, 3.05) is 13.2 Å². The lowest BCUT2D eigenvalue weighted by Crippen LogP contribution is -2.61. The Labute approximate surface area is 387 Å². The predicted octanol–water partition coefficient (Wildman–Crippen LogP) is 9.19. The van der Waals surface area contributed by atoms with Gasteiger partial charge in [0, 0.05) is 0 Å². The van der Waals surface area contributed by atoms with E-state index < -0.39 is 78.5 Å². The summed E-state index contributed by atoms with van der Waals surface area (Å²) in [5, 5.41) is 55.0. The van der Waals surface area contributed by atoms with Gasteiger partial charge in [0.15, 0.2) is 6.29 Å². The standard InChI is InChI=1S/C50H89NO12S/c1-3-5-7-9-11-13-14-15-16-17-18-19-20-21-22-23-24-25-26-27-28-29-31-33-35-37-39-44(54)49(57)51-42(43(53)38-36-34-32-30-12-10-8-6-4-2)41-61-50-47(56)48(63-64(58,59)60)46(55)45(40-52)62-50/h4,6,12,18-19,21-22,30,36,38,42-48,50,52-56H,3,5,7-11,13-17,20,23-29,31-35,37,39-41H2,1-2H3,(H,51,57)(H,58,59,60)/b6-4+,19-18-,22-21-,30-12+,38-36+. The molecule has 1 fully saturated rings. The van der Waals surface area contributed by atoms with Crippen LogP contribution in [0.4, 0.5) is 0 Å². The van der Waals surface area contributed by atoms with Crippen LogP contribution >= 0.6 is 0 Å². The van der Waals surface area contributed by atoms with Gasteiger partial charge >= 0.3 is 10.4 Å². The van der Waals surface area contributed by atoms with Crippen LogP contribution < -0.4 is 5.32 Å². The molecule has 64 heavy (non-hydrogen) atoms. The highest BCUT2D eigenvalue weighted by Crippen LogP contribution is 2.26. The third kappa shape index (κ3) is 31.6. The fourth-order valence-corrected chi connectivity index (χ4v) is 8.04. The molecule has 14 heteroatoms. The van der Waals surface area contributed by atoms with Gasteiger partial charge < -0.3 is 40.3 Å². The van der Waals surface area contributed by atoms with Crippen LogP contribution in [0.5, 0.6) is 0 Å². The molecule has 1 aliphatic heterocycles. The van der Waals surface area contributed by atoms with Crippen molar-refractivity contribution in [1.82, 2.24) is 5.32 Å². The van der Waals surface area contributed by atoms with Gasteiger partial charge in [-0.25, -0.2) is 4.18 Å². The third-order valence-corrected chi connectivity index (χ3v) is 11.9. The number of unbranched alkanes of at least 4 members (excludes halogenated alkanes) is 21. The molecule has 8 unspecified atom stereocenters. The molecular formula is C50H89NO12S. The van der Waals surface area contributed by atoms with Gasteiger partial charge in [0.05, 0.1) is 25.4 Å². The minimum atomic E-state index is -5.12. The quantitative estimate of drug-likeness (QED) is 0.0174. The van der Waals surface area contributed by atoms with Crippen molar-refractivity contribution < 1.29 is 57.0 Å². The van der Waals surface area contributed by atoms with Crippen molar-refractivity contribution in [3.8, 4) is 0 Å². The molecule has 1 aliphatic rings. The van der Waals surface area contributed by atoms with Crippen LogP contribution in [0.1, 0.15) is 187 Å². The highest BCUT2D eigenvalue weighted by molar-refractivity contribution is 7.80. The number of amides is 1. The molecule has 8 atom stereocenters. The summed E-state index contributed by atoms with van der Waals surface area (Å²) in [6.45, 7) is 2.94. The highest BCUT2D eigenvalue weighted by Gasteiger charge is 2.48. The average Bonchev–Trinajstić information content (AvgIpc) is 3.27. The van der Waals surface area contributed by atoms with Crippen LogP contribution in [0.15, 0.2) is 60.8 Å². The van der Waals surface area contributed by atoms with Crippen LogP contribution in [-0.4, -0.2) is 107 Å². The van der Waals surface area contributed by atoms with Crippen LogP contribution in [-0.2, 0) is 28.9 Å². The van der Waals surface area contributed by atoms with E-state index in [0.29, 0.717) is 12.8 Å². The molecule has 0 aliphatic carbocycles. The van der Waals surface area contributed by atoms with Gasteiger partial charge in [-0.15, -0.1) is 0 Å². The first-order valence-corrected chi connectivity index (χ1v) is 26.1. The first kappa shape index (κ1) is 59.8. The number of aliphatic hydroxyl groups is 5. The fraction of sp³-hybridized carbons (Fsp3) is 0.780. The minimum absolute atomic E-state index is 0.227. The molecular weight excluding hydrogens is 839 g/mol. The van der Waals surface area contributed by atoms with Crippen molar-refractivity contribution in [1.29, 1.82) is 0 Å². The third-order valence-electron chi connectivity index (χ3n) is 11.5. The maximum atomic E-state index is 13.1. The molecule has 1 rings (SSSR count). The lowest BCUT2D eigenvalue weighted by atomic mass is 9.99. The van der Waals surface area contributed by atoms with Crippen molar-refractivity contribution in [2.24, 2.45) is 0 Å². The maximum absolute atomic E-state index is 13.1. The Hall–Kier alpha value is -2.24. The van der Waals surface area contributed by atoms with Gasteiger partial charge in [0.1, 0.15) is 30.5 Å². The maximum Gasteiger partial charge on any atom is 0.397 e. The zero-order chi connectivity index (χ0) is 47.1. The zero-order valence-corrected chi connectivity index (χ0v) is 40.3. The van der Waals surface area contributed by atoms with Gasteiger partial charge in [-0.1, -0.05) is 177 Å². The van der Waals surface area contributed by atoms with E-state index in [-0.39, 0.29) is 6.42 Å². The molecule has 372 valence electrons. The number of ether oxygens (including phenoxy) is 2. The molecule has 1 saturated heterocycles. The van der Waals surface area contributed by atoms with Crippen molar-refractivity contribution in [3.63, 3.8) is 0 Å². The average molecular weight is 928 g/mol. The second-order valence-corrected chi connectivity index (χ2v) is 18.2. The van der Waals surface area contributed by atoms with Gasteiger partial charge in [0.25, 0.3) is 0 Å². The number of aliphatic hydroxyl groups excluding tert-OH is 5. The summed E-state index contributed by atoms with van der Waals surface area (Å²) in [5.41, 5.74) is 0. The van der Waals surface area contributed by atoms with Gasteiger partial charge in [-0.3, -0.25) is 9.35 Å². The lowest BCUT2D eigenvalue weighted by Gasteiger charge is -2.41. The summed E-state index contributed by atoms with van der Waals surface area (Å²) < 4.78 is 47.4. The van der Waals surface area contributed by atoms with E-state index in [0.717, 1.165) is 57.8 Å². The minimum Gasteiger partial charge on any atom is -0.394 e. The molecule has 0 radical (unpaired) electrons. The summed E-state index contributed by atoms with van der Waals surface area (Å²) in [7, 11) is -5.12. The van der Waals surface area contributed by atoms with E-state index in [1.165, 1.54) is 102 Å². The van der Waals surface area contributed by atoms with E-state index in [4.69, 9.17) is 14.0 Å². The van der Waals surface area contributed by atoms with E-state index in [1.807, 2.05) is 19.1 Å². The molecule has 13 nitrogen and oxygen atoms in total. The summed E-state index contributed by atoms with van der Waals surface area (Å²) in [6.07, 6.45) is 39.3. The summed E-state index contributed by atoms with van der Waals surface area (Å²) >= 11 is 0. The van der Waals surface area contributed by atoms with Crippen LogP contribution in [0.25, 0.3) is 0 Å². The fourth-order valence-electron chi connectivity index (χ4n) is 7.53. The van der Waals surface area contributed by atoms with Crippen molar-refractivity contribution in [2.45, 2.75) is 236 Å². The monoisotopic (exact) mass is 928 g/mol. The number of rotatable bonds is 41. The molecule has 0 aromatic rings. The van der Waals surface area contributed by atoms with Gasteiger partial charge in [-0.05, 0) is 71.1 Å². The Balaban J connectivity index is 2.38. The van der Waals surface area contributed by atoms with Crippen LogP contribution in [0, 0.1) is 0 Å². The molecule has 0 bridgehead atoms. The van der Waals surface area contributed by atoms with Gasteiger partial charge in [-0.2, -0.15) is 8.42 Å². The van der Waals surface area contributed by atoms with Crippen molar-refractivity contribution in [3.05, 3.63) is 60.8 Å². The number of hydrogen-bond acceptors (Lipinski definition) is 11. The second kappa shape index (κ2) is 39.9. The molecule has 0 saturated carbocycles. The number of allylic oxidation sites excluding steroid dienone is 9. The summed E-state index contributed by atoms with van der Waals surface area (Å²) in [6, 6.07) is -1.14. The Morgan fingerprint density at radius 3 is 1.67 bits per heavy atom. The number of hydrogen-bond donors (Lipinski definition) is 7. The second-order valence-electron chi connectivity index (χ2n) is 17.2. The Bertz CT molecular complexity index is 1390. The topological polar surface area (TPSA) is 212 Å². The van der Waals surface area contributed by atoms with Crippen LogP contribution in [0.3, 0.4) is 0 Å².